The van der Waals surface area contributed by atoms with E-state index in [0.717, 1.165) is 0 Å². The molecule has 0 amide bonds. The Hall–Kier alpha value is -1.59. The first-order valence-electron chi connectivity index (χ1n) is 4.40. The quantitative estimate of drug-likeness (QED) is 0.805. The van der Waals surface area contributed by atoms with Gasteiger partial charge in [-0.3, -0.25) is 0 Å². The topological polar surface area (TPSA) is 72.8 Å². The Balaban J connectivity index is 2.71. The molecule has 0 aromatic heterocycles. The van der Waals surface area contributed by atoms with Crippen molar-refractivity contribution in [2.24, 2.45) is 0 Å². The van der Waals surface area contributed by atoms with E-state index in [9.17, 15) is 9.59 Å². The molecule has 0 aliphatic rings. The van der Waals surface area contributed by atoms with Crippen molar-refractivity contribution >= 4 is 23.8 Å². The molecule has 16 heavy (non-hydrogen) atoms. The van der Waals surface area contributed by atoms with Gasteiger partial charge in [0.05, 0.1) is 17.7 Å². The van der Waals surface area contributed by atoms with E-state index in [1.807, 2.05) is 0 Å². The molecule has 5 nitrogen and oxygen atoms in total. The second-order valence-corrected chi connectivity index (χ2v) is 2.96. The maximum Gasteiger partial charge on any atom is 0.356 e. The highest BCUT2D eigenvalue weighted by molar-refractivity contribution is 6.15. The number of carbonyl (C=O) groups is 2. The molecule has 1 aromatic carbocycles. The average Bonchev–Trinajstić information content (AvgIpc) is 2.35. The minimum atomic E-state index is -0.697. The van der Waals surface area contributed by atoms with Gasteiger partial charge in [-0.2, -0.15) is 0 Å². The highest BCUT2D eigenvalue weighted by Gasteiger charge is 2.10. The van der Waals surface area contributed by atoms with Crippen LogP contribution >= 0.6 is 11.9 Å². The monoisotopic (exact) mass is 244 g/mol. The molecule has 0 heterocycles. The molecule has 1 N–H and O–H groups in total. The summed E-state index contributed by atoms with van der Waals surface area (Å²) in [4.78, 5) is 22.2. The molecule has 0 atom stereocenters. The van der Waals surface area contributed by atoms with E-state index in [4.69, 9.17) is 17.0 Å². The van der Waals surface area contributed by atoms with Gasteiger partial charge in [0.1, 0.15) is 18.5 Å². The third-order valence-electron chi connectivity index (χ3n) is 1.75. The smallest absolute Gasteiger partial charge is 0.356 e. The van der Waals surface area contributed by atoms with E-state index in [2.05, 4.69) is 9.03 Å². The molecular weight excluding hydrogens is 236 g/mol. The average molecular weight is 245 g/mol. The summed E-state index contributed by atoms with van der Waals surface area (Å²) >= 11 is 4.89. The van der Waals surface area contributed by atoms with Crippen LogP contribution in [0.3, 0.4) is 0 Å². The van der Waals surface area contributed by atoms with Crippen LogP contribution < -0.4 is 0 Å². The summed E-state index contributed by atoms with van der Waals surface area (Å²) in [6.07, 6.45) is 0. The summed E-state index contributed by atoms with van der Waals surface area (Å²) in [6.45, 7) is -0.299. The van der Waals surface area contributed by atoms with Crippen LogP contribution in [0.2, 0.25) is 0 Å². The first-order valence-corrected chi connectivity index (χ1v) is 4.71. The van der Waals surface area contributed by atoms with E-state index in [-0.39, 0.29) is 24.3 Å². The summed E-state index contributed by atoms with van der Waals surface area (Å²) < 4.78 is 8.66. The number of aliphatic hydroxyl groups is 1. The number of halogens is 1. The maximum absolute atomic E-state index is 11.3. The zero-order valence-corrected chi connectivity index (χ0v) is 8.94. The number of hydrogen-bond donors (Lipinski definition) is 1. The fraction of sp³-hybridized carbons (Fsp3) is 0.200. The highest BCUT2D eigenvalue weighted by atomic mass is 35.5. The van der Waals surface area contributed by atoms with Gasteiger partial charge < -0.3 is 14.1 Å². The van der Waals surface area contributed by atoms with Crippen molar-refractivity contribution in [3.63, 3.8) is 0 Å². The Morgan fingerprint density at radius 2 is 1.62 bits per heavy atom. The van der Waals surface area contributed by atoms with Crippen LogP contribution in [0.25, 0.3) is 0 Å². The Morgan fingerprint density at radius 1 is 1.12 bits per heavy atom. The molecule has 0 bridgehead atoms. The van der Waals surface area contributed by atoms with Gasteiger partial charge in [0, 0.05) is 0 Å². The number of rotatable bonds is 4. The predicted octanol–water partition coefficient (Wildman–Crippen LogP) is 1.15. The van der Waals surface area contributed by atoms with Gasteiger partial charge in [-0.1, -0.05) is 0 Å². The van der Waals surface area contributed by atoms with Gasteiger partial charge in [0.2, 0.25) is 0 Å². The van der Waals surface area contributed by atoms with Gasteiger partial charge in [0.15, 0.2) is 0 Å². The zero-order valence-electron chi connectivity index (χ0n) is 8.18. The lowest BCUT2D eigenvalue weighted by molar-refractivity contribution is 0.0433. The van der Waals surface area contributed by atoms with E-state index < -0.39 is 11.9 Å². The molecule has 0 saturated carbocycles. The lowest BCUT2D eigenvalue weighted by Crippen LogP contribution is -2.09. The Bertz CT molecular complexity index is 373. The molecule has 0 fully saturated rings. The van der Waals surface area contributed by atoms with Crippen molar-refractivity contribution in [1.29, 1.82) is 0 Å². The Labute approximate surface area is 96.7 Å². The summed E-state index contributed by atoms with van der Waals surface area (Å²) in [5.41, 5.74) is 0.508. The van der Waals surface area contributed by atoms with E-state index >= 15 is 0 Å². The summed E-state index contributed by atoms with van der Waals surface area (Å²) in [7, 11) is 0. The van der Waals surface area contributed by atoms with Crippen LogP contribution in [0, 0.1) is 0 Å². The summed E-state index contributed by atoms with van der Waals surface area (Å²) in [6, 6.07) is 5.59. The van der Waals surface area contributed by atoms with Crippen molar-refractivity contribution in [2.45, 2.75) is 0 Å². The number of benzene rings is 1. The lowest BCUT2D eigenvalue weighted by atomic mass is 10.1. The molecule has 1 aromatic rings. The molecule has 0 aliphatic carbocycles. The number of ether oxygens (including phenoxy) is 1. The summed E-state index contributed by atoms with van der Waals surface area (Å²) in [5, 5.41) is 8.46. The Kier molecular flexibility index (Phi) is 4.75. The normalized spacial score (nSPS) is 9.62. The van der Waals surface area contributed by atoms with Crippen LogP contribution in [0.4, 0.5) is 0 Å². The van der Waals surface area contributed by atoms with Crippen LogP contribution in [-0.2, 0) is 9.03 Å². The van der Waals surface area contributed by atoms with E-state index in [1.54, 1.807) is 0 Å². The maximum atomic E-state index is 11.3. The number of aliphatic hydroxyl groups excluding tert-OH is 1. The summed E-state index contributed by atoms with van der Waals surface area (Å²) in [5.74, 6) is -1.27. The zero-order chi connectivity index (χ0) is 12.0. The minimum absolute atomic E-state index is 0.0652. The second kappa shape index (κ2) is 6.09. The van der Waals surface area contributed by atoms with Crippen molar-refractivity contribution < 1.29 is 23.7 Å². The van der Waals surface area contributed by atoms with E-state index in [0.29, 0.717) is 0 Å². The van der Waals surface area contributed by atoms with Crippen molar-refractivity contribution in [3.05, 3.63) is 35.4 Å². The predicted molar refractivity (Wildman–Crippen MR) is 55.1 cm³/mol. The molecule has 86 valence electrons. The lowest BCUT2D eigenvalue weighted by Gasteiger charge is -2.02. The molecule has 0 spiro atoms. The molecule has 6 heteroatoms. The molecule has 1 rings (SSSR count). The second-order valence-electron chi connectivity index (χ2n) is 2.80. The molecule has 0 saturated heterocycles. The molecule has 0 radical (unpaired) electrons. The highest BCUT2D eigenvalue weighted by Crippen LogP contribution is 2.08. The van der Waals surface area contributed by atoms with Crippen molar-refractivity contribution in [2.75, 3.05) is 13.2 Å². The van der Waals surface area contributed by atoms with E-state index in [1.165, 1.54) is 24.3 Å². The Morgan fingerprint density at radius 3 is 2.06 bits per heavy atom. The molecule has 0 aliphatic heterocycles. The third kappa shape index (κ3) is 3.22. The first-order chi connectivity index (χ1) is 7.69. The van der Waals surface area contributed by atoms with Gasteiger partial charge in [-0.15, -0.1) is 0 Å². The van der Waals surface area contributed by atoms with Gasteiger partial charge in [-0.05, 0) is 24.3 Å². The largest absolute Gasteiger partial charge is 0.460 e. The standard InChI is InChI=1S/C10H9ClO5/c11-16-10(14)8-3-1-7(2-4-8)9(13)15-6-5-12/h1-4,12H,5-6H2. The fourth-order valence-electron chi connectivity index (χ4n) is 1.01. The van der Waals surface area contributed by atoms with Crippen LogP contribution in [0.15, 0.2) is 24.3 Å². The van der Waals surface area contributed by atoms with Gasteiger partial charge in [-0.25, -0.2) is 9.59 Å². The minimum Gasteiger partial charge on any atom is -0.460 e. The number of carbonyl (C=O) groups excluding carboxylic acids is 2. The third-order valence-corrected chi connectivity index (χ3v) is 1.89. The SMILES string of the molecule is O=C(OCl)c1ccc(C(=O)OCCO)cc1. The van der Waals surface area contributed by atoms with Crippen molar-refractivity contribution in [1.82, 2.24) is 0 Å². The number of hydrogen-bond acceptors (Lipinski definition) is 5. The van der Waals surface area contributed by atoms with Gasteiger partial charge >= 0.3 is 11.9 Å². The van der Waals surface area contributed by atoms with Gasteiger partial charge in [0.25, 0.3) is 0 Å². The number of esters is 1. The molecule has 0 unspecified atom stereocenters. The van der Waals surface area contributed by atoms with Crippen molar-refractivity contribution in [3.8, 4) is 0 Å². The fourth-order valence-corrected chi connectivity index (χ4v) is 1.10. The van der Waals surface area contributed by atoms with Crippen LogP contribution in [0.1, 0.15) is 20.7 Å². The van der Waals surface area contributed by atoms with Crippen LogP contribution in [-0.4, -0.2) is 30.3 Å². The first kappa shape index (κ1) is 12.5. The van der Waals surface area contributed by atoms with Crippen LogP contribution in [0.5, 0.6) is 0 Å². The molecular formula is C10H9ClO5.